The molecule has 0 radical (unpaired) electrons. The van der Waals surface area contributed by atoms with Gasteiger partial charge in [-0.25, -0.2) is 0 Å². The minimum atomic E-state index is -0.0326. The SMILES string of the molecule is CCC(=O)Nc1ccc2c(c1)NC(=O)CS2. The van der Waals surface area contributed by atoms with Crippen LogP contribution in [0.1, 0.15) is 13.3 Å². The van der Waals surface area contributed by atoms with Crippen molar-refractivity contribution < 1.29 is 9.59 Å². The Hall–Kier alpha value is -1.49. The maximum atomic E-state index is 11.2. The van der Waals surface area contributed by atoms with Crippen LogP contribution in [-0.4, -0.2) is 17.6 Å². The summed E-state index contributed by atoms with van der Waals surface area (Å²) in [5.74, 6) is 0.416. The minimum Gasteiger partial charge on any atom is -0.326 e. The maximum absolute atomic E-state index is 11.2. The topological polar surface area (TPSA) is 58.2 Å². The van der Waals surface area contributed by atoms with Gasteiger partial charge in [-0.05, 0) is 18.2 Å². The zero-order valence-electron chi connectivity index (χ0n) is 8.87. The Kier molecular flexibility index (Phi) is 3.14. The zero-order chi connectivity index (χ0) is 11.5. The van der Waals surface area contributed by atoms with Crippen molar-refractivity contribution in [3.8, 4) is 0 Å². The average Bonchev–Trinajstić information content (AvgIpc) is 2.28. The Morgan fingerprint density at radius 2 is 2.38 bits per heavy atom. The molecule has 84 valence electrons. The van der Waals surface area contributed by atoms with Crippen LogP contribution in [0.25, 0.3) is 0 Å². The summed E-state index contributed by atoms with van der Waals surface area (Å²) in [5, 5.41) is 5.54. The molecule has 1 aliphatic rings. The number of benzene rings is 1. The summed E-state index contributed by atoms with van der Waals surface area (Å²) in [6.45, 7) is 1.80. The summed E-state index contributed by atoms with van der Waals surface area (Å²) < 4.78 is 0. The summed E-state index contributed by atoms with van der Waals surface area (Å²) in [6, 6.07) is 5.54. The Bertz CT molecular complexity index is 446. The predicted octanol–water partition coefficient (Wildman–Crippen LogP) is 2.08. The van der Waals surface area contributed by atoms with E-state index in [2.05, 4.69) is 10.6 Å². The third-order valence-electron chi connectivity index (χ3n) is 2.22. The molecule has 4 nitrogen and oxygen atoms in total. The van der Waals surface area contributed by atoms with Gasteiger partial charge in [-0.15, -0.1) is 11.8 Å². The summed E-state index contributed by atoms with van der Waals surface area (Å²) in [6.07, 6.45) is 0.443. The third-order valence-corrected chi connectivity index (χ3v) is 3.29. The molecule has 0 saturated heterocycles. The Morgan fingerprint density at radius 1 is 1.56 bits per heavy atom. The van der Waals surface area contributed by atoms with Crippen molar-refractivity contribution in [1.82, 2.24) is 0 Å². The largest absolute Gasteiger partial charge is 0.326 e. The number of hydrogen-bond donors (Lipinski definition) is 2. The molecule has 0 aromatic heterocycles. The van der Waals surface area contributed by atoms with Gasteiger partial charge in [0.25, 0.3) is 0 Å². The molecule has 0 spiro atoms. The molecule has 0 aliphatic carbocycles. The Balaban J connectivity index is 2.21. The van der Waals surface area contributed by atoms with Crippen molar-refractivity contribution in [3.05, 3.63) is 18.2 Å². The van der Waals surface area contributed by atoms with Gasteiger partial charge in [-0.3, -0.25) is 9.59 Å². The van der Waals surface area contributed by atoms with Gasteiger partial charge in [0.05, 0.1) is 11.4 Å². The molecule has 2 rings (SSSR count). The van der Waals surface area contributed by atoms with Gasteiger partial charge >= 0.3 is 0 Å². The van der Waals surface area contributed by atoms with Crippen molar-refractivity contribution in [3.63, 3.8) is 0 Å². The molecule has 1 aromatic carbocycles. The number of amides is 2. The van der Waals surface area contributed by atoms with Gasteiger partial charge in [-0.1, -0.05) is 6.92 Å². The van der Waals surface area contributed by atoms with Gasteiger partial charge in [-0.2, -0.15) is 0 Å². The van der Waals surface area contributed by atoms with Crippen molar-refractivity contribution in [1.29, 1.82) is 0 Å². The highest BCUT2D eigenvalue weighted by molar-refractivity contribution is 8.00. The second-order valence-corrected chi connectivity index (χ2v) is 4.47. The van der Waals surface area contributed by atoms with E-state index in [1.54, 1.807) is 13.0 Å². The zero-order valence-corrected chi connectivity index (χ0v) is 9.69. The first-order valence-corrected chi connectivity index (χ1v) is 6.04. The summed E-state index contributed by atoms with van der Waals surface area (Å²) in [7, 11) is 0. The molecular weight excluding hydrogens is 224 g/mol. The lowest BCUT2D eigenvalue weighted by molar-refractivity contribution is -0.116. The van der Waals surface area contributed by atoms with Crippen LogP contribution >= 0.6 is 11.8 Å². The fourth-order valence-electron chi connectivity index (χ4n) is 1.41. The summed E-state index contributed by atoms with van der Waals surface area (Å²) in [5.41, 5.74) is 1.49. The predicted molar refractivity (Wildman–Crippen MR) is 64.7 cm³/mol. The van der Waals surface area contributed by atoms with Crippen LogP contribution < -0.4 is 10.6 Å². The second-order valence-electron chi connectivity index (χ2n) is 3.45. The van der Waals surface area contributed by atoms with E-state index in [0.29, 0.717) is 17.9 Å². The fourth-order valence-corrected chi connectivity index (χ4v) is 2.20. The molecule has 0 unspecified atom stereocenters. The van der Waals surface area contributed by atoms with Crippen LogP contribution in [0.4, 0.5) is 11.4 Å². The lowest BCUT2D eigenvalue weighted by Gasteiger charge is -2.17. The maximum Gasteiger partial charge on any atom is 0.234 e. The van der Waals surface area contributed by atoms with Crippen LogP contribution in [0.2, 0.25) is 0 Å². The quantitative estimate of drug-likeness (QED) is 0.826. The highest BCUT2D eigenvalue weighted by atomic mass is 32.2. The molecular formula is C11H12N2O2S. The number of nitrogens with one attached hydrogen (secondary N) is 2. The van der Waals surface area contributed by atoms with E-state index in [9.17, 15) is 9.59 Å². The molecule has 2 amide bonds. The number of thioether (sulfide) groups is 1. The molecule has 1 aromatic rings. The molecule has 1 heterocycles. The van der Waals surface area contributed by atoms with Gasteiger partial charge in [0.15, 0.2) is 0 Å². The summed E-state index contributed by atoms with van der Waals surface area (Å²) in [4.78, 5) is 23.4. The number of hydrogen-bond acceptors (Lipinski definition) is 3. The second kappa shape index (κ2) is 4.57. The average molecular weight is 236 g/mol. The number of fused-ring (bicyclic) bond motifs is 1. The lowest BCUT2D eigenvalue weighted by Crippen LogP contribution is -2.19. The van der Waals surface area contributed by atoms with Gasteiger partial charge in [0, 0.05) is 17.0 Å². The Labute approximate surface area is 97.8 Å². The number of rotatable bonds is 2. The fraction of sp³-hybridized carbons (Fsp3) is 0.273. The molecule has 0 fully saturated rings. The van der Waals surface area contributed by atoms with Crippen LogP contribution in [0.15, 0.2) is 23.1 Å². The monoisotopic (exact) mass is 236 g/mol. The third kappa shape index (κ3) is 2.36. The van der Waals surface area contributed by atoms with E-state index in [1.807, 2.05) is 12.1 Å². The van der Waals surface area contributed by atoms with Gasteiger partial charge in [0.2, 0.25) is 11.8 Å². The van der Waals surface area contributed by atoms with Gasteiger partial charge in [0.1, 0.15) is 0 Å². The molecule has 16 heavy (non-hydrogen) atoms. The van der Waals surface area contributed by atoms with E-state index < -0.39 is 0 Å². The first-order chi connectivity index (χ1) is 7.69. The standard InChI is InChI=1S/C11H12N2O2S/c1-2-10(14)12-7-3-4-9-8(5-7)13-11(15)6-16-9/h3-5H,2,6H2,1H3,(H,12,14)(H,13,15). The highest BCUT2D eigenvalue weighted by Crippen LogP contribution is 2.33. The van der Waals surface area contributed by atoms with Gasteiger partial charge < -0.3 is 10.6 Å². The van der Waals surface area contributed by atoms with E-state index >= 15 is 0 Å². The van der Waals surface area contributed by atoms with Crippen molar-refractivity contribution >= 4 is 35.0 Å². The van der Waals surface area contributed by atoms with Crippen molar-refractivity contribution in [2.75, 3.05) is 16.4 Å². The molecule has 1 aliphatic heterocycles. The van der Waals surface area contributed by atoms with E-state index in [-0.39, 0.29) is 11.8 Å². The highest BCUT2D eigenvalue weighted by Gasteiger charge is 2.15. The lowest BCUT2D eigenvalue weighted by atomic mass is 10.2. The smallest absolute Gasteiger partial charge is 0.234 e. The van der Waals surface area contributed by atoms with Crippen LogP contribution in [0.3, 0.4) is 0 Å². The first kappa shape index (κ1) is 11.0. The Morgan fingerprint density at radius 3 is 3.12 bits per heavy atom. The molecule has 0 atom stereocenters. The number of carbonyl (C=O) groups is 2. The number of anilines is 2. The molecule has 0 saturated carbocycles. The normalized spacial score (nSPS) is 13.9. The van der Waals surface area contributed by atoms with E-state index in [0.717, 1.165) is 10.6 Å². The minimum absolute atomic E-state index is 0.00327. The molecule has 0 bridgehead atoms. The number of carbonyl (C=O) groups excluding carboxylic acids is 2. The van der Waals surface area contributed by atoms with E-state index in [4.69, 9.17) is 0 Å². The van der Waals surface area contributed by atoms with Crippen LogP contribution in [0, 0.1) is 0 Å². The van der Waals surface area contributed by atoms with Crippen molar-refractivity contribution in [2.24, 2.45) is 0 Å². The molecule has 2 N–H and O–H groups in total. The molecule has 5 heteroatoms. The summed E-state index contributed by atoms with van der Waals surface area (Å²) >= 11 is 1.51. The first-order valence-electron chi connectivity index (χ1n) is 5.05. The van der Waals surface area contributed by atoms with Crippen molar-refractivity contribution in [2.45, 2.75) is 18.2 Å². The van der Waals surface area contributed by atoms with Crippen LogP contribution in [0.5, 0.6) is 0 Å². The van der Waals surface area contributed by atoms with E-state index in [1.165, 1.54) is 11.8 Å². The van der Waals surface area contributed by atoms with Crippen LogP contribution in [-0.2, 0) is 9.59 Å².